The second-order valence-electron chi connectivity index (χ2n) is 7.25. The van der Waals surface area contributed by atoms with E-state index in [1.807, 2.05) is 13.8 Å². The van der Waals surface area contributed by atoms with Gasteiger partial charge in [-0.15, -0.1) is 0 Å². The van der Waals surface area contributed by atoms with Crippen LogP contribution in [-0.2, 0) is 4.79 Å². The zero-order valence-corrected chi connectivity index (χ0v) is 16.0. The van der Waals surface area contributed by atoms with Gasteiger partial charge in [0.05, 0.1) is 12.1 Å². The number of carbonyl (C=O) groups excluding carboxylic acids is 1. The zero-order valence-electron chi connectivity index (χ0n) is 16.0. The first-order valence-electron chi connectivity index (χ1n) is 9.62. The molecule has 4 rings (SSSR count). The topological polar surface area (TPSA) is 51.0 Å². The summed E-state index contributed by atoms with van der Waals surface area (Å²) in [5, 5.41) is 4.39. The number of fused-ring (bicyclic) bond motifs is 1. The van der Waals surface area contributed by atoms with E-state index in [2.05, 4.69) is 34.3 Å². The smallest absolute Gasteiger partial charge is 0.231 e. The molecule has 0 fully saturated rings. The van der Waals surface area contributed by atoms with Gasteiger partial charge in [-0.25, -0.2) is 9.07 Å². The van der Waals surface area contributed by atoms with Gasteiger partial charge in [0.2, 0.25) is 11.9 Å². The van der Waals surface area contributed by atoms with E-state index >= 15 is 0 Å². The van der Waals surface area contributed by atoms with Crippen molar-refractivity contribution in [2.45, 2.75) is 45.2 Å². The Balaban J connectivity index is 1.81. The van der Waals surface area contributed by atoms with Crippen LogP contribution in [0.1, 0.15) is 55.0 Å². The van der Waals surface area contributed by atoms with E-state index in [1.54, 1.807) is 21.7 Å². The fourth-order valence-corrected chi connectivity index (χ4v) is 3.85. The van der Waals surface area contributed by atoms with Crippen molar-refractivity contribution in [3.8, 4) is 0 Å². The summed E-state index contributed by atoms with van der Waals surface area (Å²) in [6.45, 7) is 4.04. The fraction of sp³-hybridized carbons (Fsp3) is 0.318. The molecule has 0 N–H and O–H groups in total. The number of amides is 1. The summed E-state index contributed by atoms with van der Waals surface area (Å²) < 4.78 is 15.2. The molecule has 0 saturated heterocycles. The van der Waals surface area contributed by atoms with Crippen molar-refractivity contribution in [2.75, 3.05) is 4.90 Å². The molecule has 2 atom stereocenters. The minimum atomic E-state index is -0.270. The highest BCUT2D eigenvalue weighted by atomic mass is 19.1. The molecule has 0 bridgehead atoms. The van der Waals surface area contributed by atoms with Gasteiger partial charge in [-0.1, -0.05) is 48.9 Å². The Morgan fingerprint density at radius 3 is 2.39 bits per heavy atom. The van der Waals surface area contributed by atoms with Crippen LogP contribution in [0.4, 0.5) is 10.3 Å². The second kappa shape index (κ2) is 7.54. The fourth-order valence-electron chi connectivity index (χ4n) is 3.85. The van der Waals surface area contributed by atoms with Gasteiger partial charge in [0.25, 0.3) is 0 Å². The minimum absolute atomic E-state index is 0.0416. The minimum Gasteiger partial charge on any atom is -0.274 e. The molecule has 144 valence electrons. The van der Waals surface area contributed by atoms with Crippen molar-refractivity contribution < 1.29 is 9.18 Å². The molecule has 1 aliphatic heterocycles. The summed E-state index contributed by atoms with van der Waals surface area (Å²) in [5.41, 5.74) is 3.19. The van der Waals surface area contributed by atoms with Gasteiger partial charge in [-0.05, 0) is 43.0 Å². The molecule has 28 heavy (non-hydrogen) atoms. The van der Waals surface area contributed by atoms with Crippen molar-refractivity contribution in [2.24, 2.45) is 0 Å². The number of hydrogen-bond acceptors (Lipinski definition) is 3. The predicted octanol–water partition coefficient (Wildman–Crippen LogP) is 4.59. The van der Waals surface area contributed by atoms with E-state index in [4.69, 9.17) is 0 Å². The monoisotopic (exact) mass is 378 g/mol. The first-order valence-corrected chi connectivity index (χ1v) is 9.62. The van der Waals surface area contributed by atoms with Crippen LogP contribution >= 0.6 is 0 Å². The third-order valence-electron chi connectivity index (χ3n) is 5.27. The van der Waals surface area contributed by atoms with Crippen LogP contribution in [0.5, 0.6) is 0 Å². The van der Waals surface area contributed by atoms with Crippen LogP contribution < -0.4 is 4.90 Å². The molecular weight excluding hydrogens is 355 g/mol. The molecule has 1 amide bonds. The molecule has 5 nitrogen and oxygen atoms in total. The highest BCUT2D eigenvalue weighted by molar-refractivity contribution is 5.92. The Morgan fingerprint density at radius 1 is 1.07 bits per heavy atom. The van der Waals surface area contributed by atoms with Gasteiger partial charge < -0.3 is 0 Å². The van der Waals surface area contributed by atoms with Crippen LogP contribution in [0, 0.1) is 12.7 Å². The lowest BCUT2D eigenvalue weighted by Gasteiger charge is -2.39. The highest BCUT2D eigenvalue weighted by Gasteiger charge is 2.38. The molecule has 2 heterocycles. The van der Waals surface area contributed by atoms with E-state index < -0.39 is 0 Å². The van der Waals surface area contributed by atoms with Crippen LogP contribution in [0.3, 0.4) is 0 Å². The third kappa shape index (κ3) is 3.30. The van der Waals surface area contributed by atoms with Crippen molar-refractivity contribution >= 4 is 11.9 Å². The quantitative estimate of drug-likeness (QED) is 0.667. The Bertz CT molecular complexity index is 965. The number of aromatic nitrogens is 3. The number of benzene rings is 2. The summed E-state index contributed by atoms with van der Waals surface area (Å²) in [4.78, 5) is 19.2. The summed E-state index contributed by atoms with van der Waals surface area (Å²) in [6.07, 6.45) is 3.36. The molecule has 1 aliphatic rings. The number of rotatable bonds is 4. The van der Waals surface area contributed by atoms with Gasteiger partial charge in [0, 0.05) is 6.42 Å². The molecule has 0 unspecified atom stereocenters. The Morgan fingerprint density at radius 2 is 1.71 bits per heavy atom. The molecule has 6 heteroatoms. The van der Waals surface area contributed by atoms with Crippen molar-refractivity contribution in [1.82, 2.24) is 14.8 Å². The zero-order chi connectivity index (χ0) is 19.7. The van der Waals surface area contributed by atoms with Crippen molar-refractivity contribution in [3.05, 3.63) is 77.4 Å². The summed E-state index contributed by atoms with van der Waals surface area (Å²) in [7, 11) is 0. The lowest BCUT2D eigenvalue weighted by atomic mass is 9.91. The molecule has 3 aromatic rings. The maximum Gasteiger partial charge on any atom is 0.231 e. The number of hydrogen-bond donors (Lipinski definition) is 0. The lowest BCUT2D eigenvalue weighted by Crippen LogP contribution is -2.42. The van der Waals surface area contributed by atoms with Crippen LogP contribution in [0.15, 0.2) is 54.9 Å². The standard InChI is InChI=1S/C22H23FN4O/c1-3-4-21(28)26-19(16-7-5-15(2)6-8-16)13-20(27-22(26)24-14-25-27)17-9-11-18(23)12-10-17/h5-12,14,19-20H,3-4,13H2,1-2H3/t19-,20-/m0/s1. The second-order valence-corrected chi connectivity index (χ2v) is 7.25. The summed E-state index contributed by atoms with van der Waals surface area (Å²) in [6, 6.07) is 14.5. The van der Waals surface area contributed by atoms with Gasteiger partial charge >= 0.3 is 0 Å². The Labute approximate surface area is 163 Å². The average molecular weight is 378 g/mol. The normalized spacial score (nSPS) is 18.8. The lowest BCUT2D eigenvalue weighted by molar-refractivity contribution is -0.119. The van der Waals surface area contributed by atoms with E-state index in [1.165, 1.54) is 24.0 Å². The first kappa shape index (κ1) is 18.3. The number of halogens is 1. The highest BCUT2D eigenvalue weighted by Crippen LogP contribution is 2.42. The first-order chi connectivity index (χ1) is 13.6. The molecular formula is C22H23FN4O. The molecule has 0 spiro atoms. The van der Waals surface area contributed by atoms with Crippen LogP contribution in [-0.4, -0.2) is 20.7 Å². The SMILES string of the molecule is CCCC(=O)N1c2ncnn2[C@H](c2ccc(F)cc2)C[C@H]1c1ccc(C)cc1. The van der Waals surface area contributed by atoms with Gasteiger partial charge in [0.15, 0.2) is 0 Å². The number of anilines is 1. The maximum absolute atomic E-state index is 13.4. The van der Waals surface area contributed by atoms with Crippen LogP contribution in [0.25, 0.3) is 0 Å². The molecule has 2 aromatic carbocycles. The van der Waals surface area contributed by atoms with Gasteiger partial charge in [0.1, 0.15) is 12.1 Å². The van der Waals surface area contributed by atoms with Crippen LogP contribution in [0.2, 0.25) is 0 Å². The predicted molar refractivity (Wildman–Crippen MR) is 105 cm³/mol. The largest absolute Gasteiger partial charge is 0.274 e. The number of aryl methyl sites for hydroxylation is 1. The maximum atomic E-state index is 13.4. The molecule has 0 saturated carbocycles. The van der Waals surface area contributed by atoms with E-state index in [-0.39, 0.29) is 23.8 Å². The van der Waals surface area contributed by atoms with Gasteiger partial charge in [-0.3, -0.25) is 9.69 Å². The summed E-state index contributed by atoms with van der Waals surface area (Å²) >= 11 is 0. The van der Waals surface area contributed by atoms with Crippen molar-refractivity contribution in [1.29, 1.82) is 0 Å². The van der Waals surface area contributed by atoms with Crippen molar-refractivity contribution in [3.63, 3.8) is 0 Å². The molecule has 1 aromatic heterocycles. The summed E-state index contributed by atoms with van der Waals surface area (Å²) in [5.74, 6) is 0.317. The average Bonchev–Trinajstić information content (AvgIpc) is 3.18. The van der Waals surface area contributed by atoms with E-state index in [9.17, 15) is 9.18 Å². The third-order valence-corrected chi connectivity index (χ3v) is 5.27. The Kier molecular flexibility index (Phi) is 4.94. The molecule has 0 aliphatic carbocycles. The van der Waals surface area contributed by atoms with E-state index in [0.29, 0.717) is 18.8 Å². The molecule has 0 radical (unpaired) electrons. The van der Waals surface area contributed by atoms with E-state index in [0.717, 1.165) is 17.5 Å². The number of carbonyl (C=O) groups is 1. The Hall–Kier alpha value is -3.02. The van der Waals surface area contributed by atoms with Gasteiger partial charge in [-0.2, -0.15) is 10.1 Å². The number of nitrogens with zero attached hydrogens (tertiary/aromatic N) is 4.